The van der Waals surface area contributed by atoms with Gasteiger partial charge in [-0.25, -0.2) is 0 Å². The van der Waals surface area contributed by atoms with Gasteiger partial charge < -0.3 is 10.4 Å². The van der Waals surface area contributed by atoms with Crippen molar-refractivity contribution in [1.82, 2.24) is 5.32 Å². The van der Waals surface area contributed by atoms with Crippen LogP contribution >= 0.6 is 0 Å². The first kappa shape index (κ1) is 11.2. The summed E-state index contributed by atoms with van der Waals surface area (Å²) in [5, 5.41) is 12.6. The van der Waals surface area contributed by atoms with Gasteiger partial charge in [-0.3, -0.25) is 0 Å². The monoisotopic (exact) mass is 193 g/mol. The minimum absolute atomic E-state index is 0.135. The minimum atomic E-state index is -0.306. The third-order valence-electron chi connectivity index (χ3n) is 2.43. The molecule has 1 aromatic rings. The number of hydrogen-bond acceptors (Lipinski definition) is 2. The molecule has 0 amide bonds. The topological polar surface area (TPSA) is 32.3 Å². The molecule has 78 valence electrons. The normalized spacial score (nSPS) is 15.1. The van der Waals surface area contributed by atoms with Gasteiger partial charge in [0, 0.05) is 12.6 Å². The molecule has 0 aliphatic rings. The Morgan fingerprint density at radius 1 is 1.36 bits per heavy atom. The highest BCUT2D eigenvalue weighted by molar-refractivity contribution is 5.21. The molecule has 0 fully saturated rings. The lowest BCUT2D eigenvalue weighted by Crippen LogP contribution is -2.34. The first-order valence-electron chi connectivity index (χ1n) is 5.06. The highest BCUT2D eigenvalue weighted by Crippen LogP contribution is 2.04. The molecule has 14 heavy (non-hydrogen) atoms. The van der Waals surface area contributed by atoms with Crippen LogP contribution in [-0.4, -0.2) is 17.3 Å². The number of aliphatic hydroxyl groups is 1. The van der Waals surface area contributed by atoms with Gasteiger partial charge in [-0.05, 0) is 26.3 Å². The standard InChI is InChI=1S/C12H19NO/c1-9-5-4-6-12(7-9)8-13-10(2)11(3)14/h4-7,10-11,13-14H,8H2,1-3H3. The van der Waals surface area contributed by atoms with Crippen LogP contribution in [0, 0.1) is 6.92 Å². The van der Waals surface area contributed by atoms with Crippen LogP contribution in [0.4, 0.5) is 0 Å². The summed E-state index contributed by atoms with van der Waals surface area (Å²) < 4.78 is 0. The molecule has 0 aromatic heterocycles. The van der Waals surface area contributed by atoms with Crippen molar-refractivity contribution in [2.45, 2.75) is 39.5 Å². The Balaban J connectivity index is 2.45. The van der Waals surface area contributed by atoms with E-state index in [-0.39, 0.29) is 12.1 Å². The molecule has 2 atom stereocenters. The van der Waals surface area contributed by atoms with Gasteiger partial charge in [0.25, 0.3) is 0 Å². The second kappa shape index (κ2) is 5.13. The number of rotatable bonds is 4. The van der Waals surface area contributed by atoms with Gasteiger partial charge >= 0.3 is 0 Å². The Morgan fingerprint density at radius 2 is 2.07 bits per heavy atom. The van der Waals surface area contributed by atoms with Crippen molar-refractivity contribution in [1.29, 1.82) is 0 Å². The fraction of sp³-hybridized carbons (Fsp3) is 0.500. The maximum Gasteiger partial charge on any atom is 0.0662 e. The van der Waals surface area contributed by atoms with E-state index >= 15 is 0 Å². The predicted octanol–water partition coefficient (Wildman–Crippen LogP) is 1.85. The van der Waals surface area contributed by atoms with Crippen LogP contribution in [0.2, 0.25) is 0 Å². The van der Waals surface area contributed by atoms with Gasteiger partial charge in [0.15, 0.2) is 0 Å². The SMILES string of the molecule is Cc1cccc(CNC(C)C(C)O)c1. The predicted molar refractivity (Wildman–Crippen MR) is 59.2 cm³/mol. The van der Waals surface area contributed by atoms with E-state index < -0.39 is 0 Å². The lowest BCUT2D eigenvalue weighted by atomic mass is 10.1. The zero-order chi connectivity index (χ0) is 10.6. The molecule has 0 heterocycles. The number of aliphatic hydroxyl groups excluding tert-OH is 1. The van der Waals surface area contributed by atoms with Gasteiger partial charge in [-0.1, -0.05) is 29.8 Å². The summed E-state index contributed by atoms with van der Waals surface area (Å²) in [6.07, 6.45) is -0.306. The molecule has 2 N–H and O–H groups in total. The molecule has 2 nitrogen and oxygen atoms in total. The Hall–Kier alpha value is -0.860. The number of hydrogen-bond donors (Lipinski definition) is 2. The number of aryl methyl sites for hydroxylation is 1. The van der Waals surface area contributed by atoms with Crippen LogP contribution in [0.25, 0.3) is 0 Å². The fourth-order valence-electron chi connectivity index (χ4n) is 1.27. The summed E-state index contributed by atoms with van der Waals surface area (Å²) in [5.74, 6) is 0. The molecule has 0 bridgehead atoms. The van der Waals surface area contributed by atoms with Gasteiger partial charge in [0.1, 0.15) is 0 Å². The number of nitrogens with one attached hydrogen (secondary N) is 1. The summed E-state index contributed by atoms with van der Waals surface area (Å²) in [6.45, 7) is 6.68. The Morgan fingerprint density at radius 3 is 2.64 bits per heavy atom. The van der Waals surface area contributed by atoms with Crippen molar-refractivity contribution in [3.05, 3.63) is 35.4 Å². The Labute approximate surface area is 86.0 Å². The second-order valence-electron chi connectivity index (χ2n) is 3.90. The molecule has 0 spiro atoms. The Kier molecular flexibility index (Phi) is 4.11. The first-order valence-corrected chi connectivity index (χ1v) is 5.06. The van der Waals surface area contributed by atoms with E-state index in [4.69, 9.17) is 0 Å². The van der Waals surface area contributed by atoms with E-state index in [2.05, 4.69) is 36.5 Å². The fourth-order valence-corrected chi connectivity index (χ4v) is 1.27. The van der Waals surface area contributed by atoms with Crippen LogP contribution in [0.1, 0.15) is 25.0 Å². The van der Waals surface area contributed by atoms with Crippen LogP contribution in [0.3, 0.4) is 0 Å². The van der Waals surface area contributed by atoms with Crippen LogP contribution < -0.4 is 5.32 Å². The lowest BCUT2D eigenvalue weighted by molar-refractivity contribution is 0.152. The van der Waals surface area contributed by atoms with E-state index in [1.54, 1.807) is 6.92 Å². The smallest absolute Gasteiger partial charge is 0.0662 e. The maximum atomic E-state index is 9.29. The first-order chi connectivity index (χ1) is 6.59. The van der Waals surface area contributed by atoms with Crippen molar-refractivity contribution >= 4 is 0 Å². The van der Waals surface area contributed by atoms with Crippen LogP contribution in [0.5, 0.6) is 0 Å². The van der Waals surface area contributed by atoms with Crippen molar-refractivity contribution < 1.29 is 5.11 Å². The van der Waals surface area contributed by atoms with Gasteiger partial charge in [0.2, 0.25) is 0 Å². The van der Waals surface area contributed by atoms with Crippen molar-refractivity contribution in [3.8, 4) is 0 Å². The Bertz CT molecular complexity index is 283. The zero-order valence-electron chi connectivity index (χ0n) is 9.12. The highest BCUT2D eigenvalue weighted by atomic mass is 16.3. The average molecular weight is 193 g/mol. The molecule has 0 saturated carbocycles. The van der Waals surface area contributed by atoms with E-state index in [1.165, 1.54) is 11.1 Å². The van der Waals surface area contributed by atoms with Crippen LogP contribution in [0.15, 0.2) is 24.3 Å². The quantitative estimate of drug-likeness (QED) is 0.765. The summed E-state index contributed by atoms with van der Waals surface area (Å²) in [4.78, 5) is 0. The highest BCUT2D eigenvalue weighted by Gasteiger charge is 2.06. The van der Waals surface area contributed by atoms with Crippen molar-refractivity contribution in [2.75, 3.05) is 0 Å². The molecule has 1 rings (SSSR count). The maximum absolute atomic E-state index is 9.29. The lowest BCUT2D eigenvalue weighted by Gasteiger charge is -2.16. The zero-order valence-corrected chi connectivity index (χ0v) is 9.12. The summed E-state index contributed by atoms with van der Waals surface area (Å²) in [6, 6.07) is 8.52. The van der Waals surface area contributed by atoms with Gasteiger partial charge in [0.05, 0.1) is 6.10 Å². The molecule has 0 radical (unpaired) electrons. The molecular weight excluding hydrogens is 174 g/mol. The van der Waals surface area contributed by atoms with Crippen molar-refractivity contribution in [3.63, 3.8) is 0 Å². The van der Waals surface area contributed by atoms with Crippen LogP contribution in [-0.2, 0) is 6.54 Å². The molecule has 0 aliphatic heterocycles. The van der Waals surface area contributed by atoms with Gasteiger partial charge in [-0.15, -0.1) is 0 Å². The molecule has 2 unspecified atom stereocenters. The van der Waals surface area contributed by atoms with Gasteiger partial charge in [-0.2, -0.15) is 0 Å². The average Bonchev–Trinajstić information content (AvgIpc) is 2.14. The second-order valence-corrected chi connectivity index (χ2v) is 3.90. The molecule has 0 aliphatic carbocycles. The van der Waals surface area contributed by atoms with E-state index in [9.17, 15) is 5.11 Å². The molecule has 1 aromatic carbocycles. The third kappa shape index (κ3) is 3.48. The van der Waals surface area contributed by atoms with Crippen molar-refractivity contribution in [2.24, 2.45) is 0 Å². The molecular formula is C12H19NO. The molecule has 0 saturated heterocycles. The van der Waals surface area contributed by atoms with E-state index in [0.29, 0.717) is 0 Å². The van der Waals surface area contributed by atoms with E-state index in [1.807, 2.05) is 6.92 Å². The summed E-state index contributed by atoms with van der Waals surface area (Å²) in [7, 11) is 0. The summed E-state index contributed by atoms with van der Waals surface area (Å²) in [5.41, 5.74) is 2.53. The third-order valence-corrected chi connectivity index (χ3v) is 2.43. The number of benzene rings is 1. The summed E-state index contributed by atoms with van der Waals surface area (Å²) >= 11 is 0. The largest absolute Gasteiger partial charge is 0.392 e. The minimum Gasteiger partial charge on any atom is -0.392 e. The molecule has 2 heteroatoms. The van der Waals surface area contributed by atoms with E-state index in [0.717, 1.165) is 6.54 Å².